The molecule has 0 aliphatic carbocycles. The molecule has 5 nitrogen and oxygen atoms in total. The summed E-state index contributed by atoms with van der Waals surface area (Å²) >= 11 is 0. The Bertz CT molecular complexity index is 558. The van der Waals surface area contributed by atoms with Crippen molar-refractivity contribution < 1.29 is 19.4 Å². The molecule has 0 fully saturated rings. The highest BCUT2D eigenvalue weighted by molar-refractivity contribution is 5.86. The first-order valence-electron chi connectivity index (χ1n) is 7.68. The van der Waals surface area contributed by atoms with Crippen molar-refractivity contribution in [2.75, 3.05) is 0 Å². The molecule has 0 saturated carbocycles. The van der Waals surface area contributed by atoms with Crippen LogP contribution in [-0.2, 0) is 16.0 Å². The number of aliphatic carboxylic acids is 1. The number of carbonyl (C=O) groups excluding carboxylic acids is 1. The molecule has 0 radical (unpaired) electrons. The van der Waals surface area contributed by atoms with Gasteiger partial charge in [-0.15, -0.1) is 0 Å². The van der Waals surface area contributed by atoms with Gasteiger partial charge in [-0.2, -0.15) is 0 Å². The number of hydrogen-bond acceptors (Lipinski definition) is 3. The Balaban J connectivity index is 2.92. The summed E-state index contributed by atoms with van der Waals surface area (Å²) in [6.45, 7) is 7.11. The van der Waals surface area contributed by atoms with Gasteiger partial charge in [0.25, 0.3) is 0 Å². The molecule has 1 amide bonds. The summed E-state index contributed by atoms with van der Waals surface area (Å²) in [7, 11) is 0. The Morgan fingerprint density at radius 2 is 1.87 bits per heavy atom. The summed E-state index contributed by atoms with van der Waals surface area (Å²) < 4.78 is 5.25. The molecule has 1 atom stereocenters. The van der Waals surface area contributed by atoms with Crippen LogP contribution < -0.4 is 5.32 Å². The molecule has 0 unspecified atom stereocenters. The van der Waals surface area contributed by atoms with Gasteiger partial charge in [0.1, 0.15) is 5.60 Å². The third-order valence-electron chi connectivity index (χ3n) is 3.06. The molecule has 1 aromatic carbocycles. The number of amides is 1. The number of carboxylic acid groups (broad SMARTS) is 1. The van der Waals surface area contributed by atoms with Gasteiger partial charge in [0, 0.05) is 5.57 Å². The van der Waals surface area contributed by atoms with Crippen LogP contribution in [0.25, 0.3) is 0 Å². The number of carbonyl (C=O) groups is 2. The minimum atomic E-state index is -0.975. The summed E-state index contributed by atoms with van der Waals surface area (Å²) in [6, 6.07) is 9.14. The van der Waals surface area contributed by atoms with Crippen LogP contribution in [0.15, 0.2) is 42.0 Å². The third-order valence-corrected chi connectivity index (χ3v) is 3.06. The zero-order chi connectivity index (χ0) is 17.5. The van der Waals surface area contributed by atoms with Gasteiger partial charge in [-0.3, -0.25) is 0 Å². The lowest BCUT2D eigenvalue weighted by molar-refractivity contribution is -0.132. The second-order valence-corrected chi connectivity index (χ2v) is 6.29. The first-order valence-corrected chi connectivity index (χ1v) is 7.68. The fraction of sp³-hybridized carbons (Fsp3) is 0.444. The first-order chi connectivity index (χ1) is 10.7. The fourth-order valence-electron chi connectivity index (χ4n) is 2.06. The van der Waals surface area contributed by atoms with Crippen molar-refractivity contribution >= 4 is 12.1 Å². The molecule has 23 heavy (non-hydrogen) atoms. The van der Waals surface area contributed by atoms with Crippen LogP contribution in [-0.4, -0.2) is 28.8 Å². The summed E-state index contributed by atoms with van der Waals surface area (Å²) in [6.07, 6.45) is 1.91. The Kier molecular flexibility index (Phi) is 6.82. The molecule has 0 saturated heterocycles. The van der Waals surface area contributed by atoms with Crippen LogP contribution >= 0.6 is 0 Å². The van der Waals surface area contributed by atoms with E-state index in [9.17, 15) is 14.7 Å². The van der Waals surface area contributed by atoms with Crippen LogP contribution in [0.3, 0.4) is 0 Å². The molecule has 1 rings (SSSR count). The second-order valence-electron chi connectivity index (χ2n) is 6.29. The summed E-state index contributed by atoms with van der Waals surface area (Å²) in [5.74, 6) is -0.975. The zero-order valence-corrected chi connectivity index (χ0v) is 14.1. The lowest BCUT2D eigenvalue weighted by Crippen LogP contribution is -2.39. The smallest absolute Gasteiger partial charge is 0.408 e. The SMILES string of the molecule is CCC(=C[C@H](Cc1ccccc1)NC(=O)OC(C)(C)C)C(=O)O. The van der Waals surface area contributed by atoms with Crippen molar-refractivity contribution in [3.05, 3.63) is 47.5 Å². The second kappa shape index (κ2) is 8.36. The molecule has 0 aliphatic heterocycles. The molecule has 0 bridgehead atoms. The lowest BCUT2D eigenvalue weighted by atomic mass is 10.0. The topological polar surface area (TPSA) is 75.6 Å². The average molecular weight is 319 g/mol. The highest BCUT2D eigenvalue weighted by Crippen LogP contribution is 2.11. The number of benzene rings is 1. The van der Waals surface area contributed by atoms with Gasteiger partial charge in [-0.25, -0.2) is 9.59 Å². The first kappa shape index (κ1) is 18.7. The molecule has 1 aromatic rings. The van der Waals surface area contributed by atoms with Gasteiger partial charge < -0.3 is 15.2 Å². The molecule has 2 N–H and O–H groups in total. The van der Waals surface area contributed by atoms with Crippen molar-refractivity contribution in [3.8, 4) is 0 Å². The zero-order valence-electron chi connectivity index (χ0n) is 14.1. The quantitative estimate of drug-likeness (QED) is 0.786. The Labute approximate surface area is 137 Å². The van der Waals surface area contributed by atoms with Crippen LogP contribution in [0.1, 0.15) is 39.7 Å². The van der Waals surface area contributed by atoms with E-state index in [4.69, 9.17) is 4.74 Å². The highest BCUT2D eigenvalue weighted by Gasteiger charge is 2.20. The van der Waals surface area contributed by atoms with E-state index in [-0.39, 0.29) is 5.57 Å². The highest BCUT2D eigenvalue weighted by atomic mass is 16.6. The maximum atomic E-state index is 12.0. The predicted molar refractivity (Wildman–Crippen MR) is 89.3 cm³/mol. The molecule has 0 spiro atoms. The van der Waals surface area contributed by atoms with Crippen molar-refractivity contribution in [2.45, 2.75) is 52.2 Å². The Morgan fingerprint density at radius 1 is 1.26 bits per heavy atom. The molecular weight excluding hydrogens is 294 g/mol. The maximum Gasteiger partial charge on any atom is 0.408 e. The maximum absolute atomic E-state index is 12.0. The molecule has 0 aromatic heterocycles. The van der Waals surface area contributed by atoms with E-state index in [1.54, 1.807) is 33.8 Å². The number of ether oxygens (including phenoxy) is 1. The summed E-state index contributed by atoms with van der Waals surface area (Å²) in [4.78, 5) is 23.2. The molecule has 5 heteroatoms. The number of hydrogen-bond donors (Lipinski definition) is 2. The largest absolute Gasteiger partial charge is 0.478 e. The van der Waals surface area contributed by atoms with E-state index < -0.39 is 23.7 Å². The number of carboxylic acids is 1. The Morgan fingerprint density at radius 3 is 2.35 bits per heavy atom. The van der Waals surface area contributed by atoms with Gasteiger partial charge in [0.05, 0.1) is 6.04 Å². The normalized spacial score (nSPS) is 13.3. The monoisotopic (exact) mass is 319 g/mol. The van der Waals surface area contributed by atoms with Crippen molar-refractivity contribution in [3.63, 3.8) is 0 Å². The molecule has 0 heterocycles. The van der Waals surface area contributed by atoms with E-state index in [0.717, 1.165) is 5.56 Å². The average Bonchev–Trinajstić information content (AvgIpc) is 2.43. The molecular formula is C18H25NO4. The summed E-state index contributed by atoms with van der Waals surface area (Å²) in [5, 5.41) is 11.9. The number of rotatable bonds is 6. The standard InChI is InChI=1S/C18H25NO4/c1-5-14(16(20)21)12-15(11-13-9-7-6-8-10-13)19-17(22)23-18(2,3)4/h6-10,12,15H,5,11H2,1-4H3,(H,19,22)(H,20,21)/t15-/m0/s1. The van der Waals surface area contributed by atoms with Gasteiger partial charge in [-0.1, -0.05) is 43.3 Å². The van der Waals surface area contributed by atoms with Gasteiger partial charge in [0.15, 0.2) is 0 Å². The molecule has 0 aliphatic rings. The fourth-order valence-corrected chi connectivity index (χ4v) is 2.06. The van der Waals surface area contributed by atoms with E-state index in [2.05, 4.69) is 5.32 Å². The predicted octanol–water partition coefficient (Wildman–Crippen LogP) is 3.54. The van der Waals surface area contributed by atoms with E-state index >= 15 is 0 Å². The number of alkyl carbamates (subject to hydrolysis) is 1. The van der Waals surface area contributed by atoms with Crippen molar-refractivity contribution in [2.24, 2.45) is 0 Å². The van der Waals surface area contributed by atoms with Gasteiger partial charge >= 0.3 is 12.1 Å². The Hall–Kier alpha value is -2.30. The minimum Gasteiger partial charge on any atom is -0.478 e. The van der Waals surface area contributed by atoms with Crippen molar-refractivity contribution in [1.82, 2.24) is 5.32 Å². The van der Waals surface area contributed by atoms with Crippen LogP contribution in [0.4, 0.5) is 4.79 Å². The molecule has 126 valence electrons. The van der Waals surface area contributed by atoms with E-state index in [0.29, 0.717) is 12.8 Å². The van der Waals surface area contributed by atoms with Crippen LogP contribution in [0, 0.1) is 0 Å². The van der Waals surface area contributed by atoms with Crippen LogP contribution in [0.5, 0.6) is 0 Å². The van der Waals surface area contributed by atoms with Crippen molar-refractivity contribution in [1.29, 1.82) is 0 Å². The van der Waals surface area contributed by atoms with E-state index in [1.165, 1.54) is 0 Å². The minimum absolute atomic E-state index is 0.266. The van der Waals surface area contributed by atoms with E-state index in [1.807, 2.05) is 30.3 Å². The van der Waals surface area contributed by atoms with Gasteiger partial charge in [-0.05, 0) is 39.2 Å². The third kappa shape index (κ3) is 7.49. The van der Waals surface area contributed by atoms with Crippen LogP contribution in [0.2, 0.25) is 0 Å². The summed E-state index contributed by atoms with van der Waals surface area (Å²) in [5.41, 5.74) is 0.665. The van der Waals surface area contributed by atoms with Gasteiger partial charge in [0.2, 0.25) is 0 Å². The number of nitrogens with one attached hydrogen (secondary N) is 1. The lowest BCUT2D eigenvalue weighted by Gasteiger charge is -2.22.